The Hall–Kier alpha value is -3.58. The quantitative estimate of drug-likeness (QED) is 0.348. The van der Waals surface area contributed by atoms with Crippen LogP contribution in [0.4, 0.5) is 4.39 Å². The van der Waals surface area contributed by atoms with Gasteiger partial charge in [-0.05, 0) is 59.7 Å². The summed E-state index contributed by atoms with van der Waals surface area (Å²) in [5.74, 6) is 1.83. The standard InChI is InChI=1S/C22H17FN4OS/c23-18-11-9-16(10-12-18)14-21-25-26-22(29)27(21)24-15-17-5-4-8-20(13-17)28-19-6-2-1-3-7-19/h1-13,15H,14H2,(H,26,29)/b24-15-. The fourth-order valence-electron chi connectivity index (χ4n) is 2.75. The molecule has 4 rings (SSSR count). The van der Waals surface area contributed by atoms with Gasteiger partial charge in [-0.3, -0.25) is 5.10 Å². The van der Waals surface area contributed by atoms with E-state index >= 15 is 0 Å². The van der Waals surface area contributed by atoms with Crippen molar-refractivity contribution in [1.29, 1.82) is 0 Å². The molecule has 29 heavy (non-hydrogen) atoms. The molecular weight excluding hydrogens is 387 g/mol. The fraction of sp³-hybridized carbons (Fsp3) is 0.0455. The molecule has 0 aliphatic rings. The Bertz CT molecular complexity index is 1180. The number of hydrogen-bond donors (Lipinski definition) is 1. The topological polar surface area (TPSA) is 55.2 Å². The highest BCUT2D eigenvalue weighted by Crippen LogP contribution is 2.21. The zero-order valence-electron chi connectivity index (χ0n) is 15.3. The monoisotopic (exact) mass is 404 g/mol. The lowest BCUT2D eigenvalue weighted by Gasteiger charge is -2.06. The maximum absolute atomic E-state index is 13.1. The van der Waals surface area contributed by atoms with Gasteiger partial charge in [0.15, 0.2) is 5.82 Å². The number of benzene rings is 3. The molecule has 0 bridgehead atoms. The van der Waals surface area contributed by atoms with Crippen LogP contribution in [-0.4, -0.2) is 21.1 Å². The van der Waals surface area contributed by atoms with E-state index in [2.05, 4.69) is 15.3 Å². The molecule has 0 unspecified atom stereocenters. The highest BCUT2D eigenvalue weighted by molar-refractivity contribution is 7.71. The molecule has 3 aromatic carbocycles. The highest BCUT2D eigenvalue weighted by Gasteiger charge is 2.07. The van der Waals surface area contributed by atoms with Crippen molar-refractivity contribution in [3.05, 3.63) is 106 Å². The Morgan fingerprint density at radius 2 is 1.76 bits per heavy atom. The van der Waals surface area contributed by atoms with Crippen LogP contribution in [0.1, 0.15) is 17.0 Å². The lowest BCUT2D eigenvalue weighted by molar-refractivity contribution is 0.482. The van der Waals surface area contributed by atoms with Crippen molar-refractivity contribution in [3.63, 3.8) is 0 Å². The number of nitrogens with zero attached hydrogens (tertiary/aromatic N) is 3. The first kappa shape index (κ1) is 18.8. The predicted octanol–water partition coefficient (Wildman–Crippen LogP) is 5.35. The van der Waals surface area contributed by atoms with Gasteiger partial charge in [0.2, 0.25) is 4.77 Å². The molecule has 1 aromatic heterocycles. The average Bonchev–Trinajstić information content (AvgIpc) is 3.08. The molecule has 144 valence electrons. The van der Waals surface area contributed by atoms with E-state index in [0.29, 0.717) is 22.8 Å². The molecule has 0 saturated carbocycles. The molecule has 7 heteroatoms. The van der Waals surface area contributed by atoms with Gasteiger partial charge in [-0.1, -0.05) is 42.5 Å². The van der Waals surface area contributed by atoms with Crippen LogP contribution in [0.5, 0.6) is 11.5 Å². The largest absolute Gasteiger partial charge is 0.457 e. The van der Waals surface area contributed by atoms with Crippen LogP contribution in [-0.2, 0) is 6.42 Å². The fourth-order valence-corrected chi connectivity index (χ4v) is 2.95. The molecule has 0 saturated heterocycles. The van der Waals surface area contributed by atoms with Crippen LogP contribution in [0.3, 0.4) is 0 Å². The van der Waals surface area contributed by atoms with Crippen LogP contribution >= 0.6 is 12.2 Å². The van der Waals surface area contributed by atoms with E-state index in [0.717, 1.165) is 16.9 Å². The van der Waals surface area contributed by atoms with E-state index in [1.54, 1.807) is 23.0 Å². The summed E-state index contributed by atoms with van der Waals surface area (Å²) >= 11 is 5.28. The van der Waals surface area contributed by atoms with Crippen LogP contribution in [0.25, 0.3) is 0 Å². The summed E-state index contributed by atoms with van der Waals surface area (Å²) in [5.41, 5.74) is 1.77. The summed E-state index contributed by atoms with van der Waals surface area (Å²) in [6.45, 7) is 0. The third kappa shape index (κ3) is 4.83. The van der Waals surface area contributed by atoms with Gasteiger partial charge >= 0.3 is 0 Å². The summed E-state index contributed by atoms with van der Waals surface area (Å²) in [6.07, 6.45) is 2.17. The van der Waals surface area contributed by atoms with Crippen molar-refractivity contribution in [2.24, 2.45) is 5.10 Å². The van der Waals surface area contributed by atoms with Gasteiger partial charge in [0.1, 0.15) is 17.3 Å². The first-order chi connectivity index (χ1) is 14.2. The summed E-state index contributed by atoms with van der Waals surface area (Å²) in [6, 6.07) is 23.4. The molecule has 0 aliphatic carbocycles. The van der Waals surface area contributed by atoms with Gasteiger partial charge < -0.3 is 4.74 Å². The Kier molecular flexibility index (Phi) is 5.58. The second-order valence-electron chi connectivity index (χ2n) is 6.29. The third-order valence-electron chi connectivity index (χ3n) is 4.15. The molecule has 0 amide bonds. The maximum Gasteiger partial charge on any atom is 0.216 e. The van der Waals surface area contributed by atoms with Gasteiger partial charge in [-0.25, -0.2) is 4.39 Å². The second-order valence-corrected chi connectivity index (χ2v) is 6.68. The van der Waals surface area contributed by atoms with E-state index in [-0.39, 0.29) is 5.82 Å². The molecule has 0 spiro atoms. The van der Waals surface area contributed by atoms with Crippen molar-refractivity contribution in [1.82, 2.24) is 14.9 Å². The van der Waals surface area contributed by atoms with Crippen LogP contribution in [0.15, 0.2) is 84.0 Å². The van der Waals surface area contributed by atoms with E-state index in [9.17, 15) is 4.39 Å². The van der Waals surface area contributed by atoms with E-state index in [1.165, 1.54) is 12.1 Å². The van der Waals surface area contributed by atoms with Crippen LogP contribution in [0.2, 0.25) is 0 Å². The first-order valence-corrected chi connectivity index (χ1v) is 9.36. The van der Waals surface area contributed by atoms with E-state index < -0.39 is 0 Å². The number of para-hydroxylation sites is 1. The van der Waals surface area contributed by atoms with Crippen molar-refractivity contribution < 1.29 is 9.13 Å². The SMILES string of the molecule is Fc1ccc(Cc2n[nH]c(=S)n2/N=C\c2cccc(Oc3ccccc3)c2)cc1. The minimum absolute atomic E-state index is 0.275. The maximum atomic E-state index is 13.1. The molecule has 1 N–H and O–H groups in total. The number of ether oxygens (including phenoxy) is 1. The summed E-state index contributed by atoms with van der Waals surface area (Å²) < 4.78 is 20.9. The minimum Gasteiger partial charge on any atom is -0.457 e. The normalized spacial score (nSPS) is 11.1. The van der Waals surface area contributed by atoms with Crippen molar-refractivity contribution in [2.45, 2.75) is 6.42 Å². The second kappa shape index (κ2) is 8.62. The van der Waals surface area contributed by atoms with Gasteiger partial charge in [-0.15, -0.1) is 0 Å². The Morgan fingerprint density at radius 1 is 1.00 bits per heavy atom. The molecular formula is C22H17FN4OS. The lowest BCUT2D eigenvalue weighted by Crippen LogP contribution is -2.00. The average molecular weight is 404 g/mol. The molecule has 0 fully saturated rings. The number of nitrogens with one attached hydrogen (secondary N) is 1. The van der Waals surface area contributed by atoms with Gasteiger partial charge in [-0.2, -0.15) is 14.9 Å². The van der Waals surface area contributed by atoms with E-state index in [4.69, 9.17) is 17.0 Å². The summed E-state index contributed by atoms with van der Waals surface area (Å²) in [7, 11) is 0. The summed E-state index contributed by atoms with van der Waals surface area (Å²) in [4.78, 5) is 0. The zero-order valence-corrected chi connectivity index (χ0v) is 16.1. The van der Waals surface area contributed by atoms with Crippen LogP contribution < -0.4 is 4.74 Å². The molecule has 1 heterocycles. The van der Waals surface area contributed by atoms with Gasteiger partial charge in [0.05, 0.1) is 6.21 Å². The Morgan fingerprint density at radius 3 is 2.55 bits per heavy atom. The number of aromatic nitrogens is 3. The zero-order chi connectivity index (χ0) is 20.1. The van der Waals surface area contributed by atoms with Crippen molar-refractivity contribution >= 4 is 18.4 Å². The minimum atomic E-state index is -0.275. The number of H-pyrrole nitrogens is 1. The number of rotatable bonds is 6. The molecule has 4 aromatic rings. The molecule has 0 atom stereocenters. The van der Waals surface area contributed by atoms with Crippen molar-refractivity contribution in [3.8, 4) is 11.5 Å². The smallest absolute Gasteiger partial charge is 0.216 e. The van der Waals surface area contributed by atoms with Crippen LogP contribution in [0, 0.1) is 10.6 Å². The van der Waals surface area contributed by atoms with Gasteiger partial charge in [0, 0.05) is 6.42 Å². The third-order valence-corrected chi connectivity index (χ3v) is 4.42. The number of hydrogen-bond acceptors (Lipinski definition) is 4. The Labute approximate surface area is 172 Å². The van der Waals surface area contributed by atoms with Crippen molar-refractivity contribution in [2.75, 3.05) is 0 Å². The van der Waals surface area contributed by atoms with E-state index in [1.807, 2.05) is 54.6 Å². The summed E-state index contributed by atoms with van der Waals surface area (Å²) in [5, 5.41) is 11.4. The molecule has 5 nitrogen and oxygen atoms in total. The predicted molar refractivity (Wildman–Crippen MR) is 113 cm³/mol. The molecule has 0 radical (unpaired) electrons. The highest BCUT2D eigenvalue weighted by atomic mass is 32.1. The lowest BCUT2D eigenvalue weighted by atomic mass is 10.1. The first-order valence-electron chi connectivity index (χ1n) is 8.95. The number of aromatic amines is 1. The number of halogens is 1. The Balaban J connectivity index is 1.53. The van der Waals surface area contributed by atoms with Gasteiger partial charge in [0.25, 0.3) is 0 Å². The molecule has 0 aliphatic heterocycles.